The van der Waals surface area contributed by atoms with E-state index in [9.17, 15) is 0 Å². The Morgan fingerprint density at radius 1 is 0.857 bits per heavy atom. The van der Waals surface area contributed by atoms with E-state index in [1.54, 1.807) is 12.4 Å². The Kier molecular flexibility index (Phi) is 4.28. The molecule has 1 rings (SSSR count). The molecule has 0 spiro atoms. The monoisotopic (exact) mass is 193 g/mol. The molecule has 0 aromatic carbocycles. The van der Waals surface area contributed by atoms with Crippen molar-refractivity contribution in [3.8, 4) is 0 Å². The number of nitrogens with zero attached hydrogens (tertiary/aromatic N) is 1. The van der Waals surface area contributed by atoms with Crippen LogP contribution in [0.25, 0.3) is 0 Å². The van der Waals surface area contributed by atoms with Gasteiger partial charge in [-0.05, 0) is 12.1 Å². The maximum atomic E-state index is 3.78. The fourth-order valence-corrected chi connectivity index (χ4v) is 0.313. The molecular formula is C5H5CdN. The fourth-order valence-electron chi connectivity index (χ4n) is 0.313. The van der Waals surface area contributed by atoms with Crippen molar-refractivity contribution in [1.82, 2.24) is 4.98 Å². The average molecular weight is 192 g/mol. The molecule has 0 saturated heterocycles. The van der Waals surface area contributed by atoms with Crippen LogP contribution < -0.4 is 0 Å². The molecule has 0 unspecified atom stereocenters. The van der Waals surface area contributed by atoms with E-state index < -0.39 is 0 Å². The van der Waals surface area contributed by atoms with Crippen molar-refractivity contribution in [2.24, 2.45) is 0 Å². The largest absolute Gasteiger partial charge is 0.265 e. The molecule has 0 bridgehead atoms. The third-order valence-electron chi connectivity index (χ3n) is 0.566. The van der Waals surface area contributed by atoms with E-state index in [1.165, 1.54) is 0 Å². The van der Waals surface area contributed by atoms with Crippen molar-refractivity contribution >= 4 is 0 Å². The van der Waals surface area contributed by atoms with E-state index >= 15 is 0 Å². The first-order chi connectivity index (χ1) is 3.00. The third kappa shape index (κ3) is 2.73. The topological polar surface area (TPSA) is 12.9 Å². The molecule has 0 radical (unpaired) electrons. The predicted octanol–water partition coefficient (Wildman–Crippen LogP) is 1.08. The van der Waals surface area contributed by atoms with Gasteiger partial charge in [0.1, 0.15) is 0 Å². The summed E-state index contributed by atoms with van der Waals surface area (Å²) < 4.78 is 0. The average Bonchev–Trinajstić information content (AvgIpc) is 1.72. The molecule has 0 atom stereocenters. The van der Waals surface area contributed by atoms with Gasteiger partial charge >= 0.3 is 0 Å². The zero-order valence-electron chi connectivity index (χ0n) is 4.04. The van der Waals surface area contributed by atoms with Crippen LogP contribution in [0.4, 0.5) is 0 Å². The molecule has 0 aliphatic rings. The van der Waals surface area contributed by atoms with Crippen molar-refractivity contribution in [2.45, 2.75) is 0 Å². The van der Waals surface area contributed by atoms with Crippen molar-refractivity contribution < 1.29 is 27.3 Å². The normalized spacial score (nSPS) is 6.86. The quantitative estimate of drug-likeness (QED) is 0.559. The molecular weight excluding hydrogens is 186 g/mol. The molecule has 0 saturated carbocycles. The number of hydrogen-bond donors (Lipinski definition) is 0. The van der Waals surface area contributed by atoms with Crippen LogP contribution in [0.1, 0.15) is 0 Å². The molecule has 0 N–H and O–H groups in total. The number of rotatable bonds is 0. The Labute approximate surface area is 62.9 Å². The summed E-state index contributed by atoms with van der Waals surface area (Å²) in [6, 6.07) is 5.72. The summed E-state index contributed by atoms with van der Waals surface area (Å²) in [6.45, 7) is 0. The molecule has 1 heterocycles. The van der Waals surface area contributed by atoms with Gasteiger partial charge in [-0.15, -0.1) is 0 Å². The smallest absolute Gasteiger partial charge is 0.0267 e. The van der Waals surface area contributed by atoms with Gasteiger partial charge in [0, 0.05) is 39.7 Å². The minimum Gasteiger partial charge on any atom is -0.265 e. The van der Waals surface area contributed by atoms with E-state index in [2.05, 4.69) is 4.98 Å². The molecule has 1 aromatic rings. The Bertz CT molecular complexity index is 80.0. The Balaban J connectivity index is 0.000000360. The Morgan fingerprint density at radius 3 is 1.57 bits per heavy atom. The van der Waals surface area contributed by atoms with Crippen LogP contribution in [-0.4, -0.2) is 4.98 Å². The first-order valence-corrected chi connectivity index (χ1v) is 1.85. The second kappa shape index (κ2) is 4.24. The summed E-state index contributed by atoms with van der Waals surface area (Å²) >= 11 is 0. The summed E-state index contributed by atoms with van der Waals surface area (Å²) in [7, 11) is 0. The molecule has 7 heavy (non-hydrogen) atoms. The maximum absolute atomic E-state index is 3.78. The fraction of sp³-hybridized carbons (Fsp3) is 0. The van der Waals surface area contributed by atoms with Crippen molar-refractivity contribution in [1.29, 1.82) is 0 Å². The summed E-state index contributed by atoms with van der Waals surface area (Å²) in [5.74, 6) is 0. The van der Waals surface area contributed by atoms with Gasteiger partial charge in [0.05, 0.1) is 0 Å². The van der Waals surface area contributed by atoms with Crippen molar-refractivity contribution in [3.05, 3.63) is 30.6 Å². The van der Waals surface area contributed by atoms with E-state index in [0.29, 0.717) is 0 Å². The van der Waals surface area contributed by atoms with Gasteiger partial charge in [-0.3, -0.25) is 4.98 Å². The molecule has 0 aliphatic carbocycles. The van der Waals surface area contributed by atoms with Gasteiger partial charge in [0.2, 0.25) is 0 Å². The second-order valence-electron chi connectivity index (χ2n) is 1.02. The third-order valence-corrected chi connectivity index (χ3v) is 0.566. The summed E-state index contributed by atoms with van der Waals surface area (Å²) in [4.78, 5) is 3.78. The predicted molar refractivity (Wildman–Crippen MR) is 24.2 cm³/mol. The SMILES string of the molecule is [Cd].c1ccncc1. The van der Waals surface area contributed by atoms with Gasteiger partial charge in [0.15, 0.2) is 0 Å². The van der Waals surface area contributed by atoms with Gasteiger partial charge in [-0.1, -0.05) is 6.07 Å². The Morgan fingerprint density at radius 2 is 1.43 bits per heavy atom. The standard InChI is InChI=1S/C5H5N.Cd/c1-2-4-6-5-3-1;/h1-5H;. The molecule has 1 nitrogen and oxygen atoms in total. The van der Waals surface area contributed by atoms with Gasteiger partial charge < -0.3 is 0 Å². The van der Waals surface area contributed by atoms with Crippen LogP contribution in [0.5, 0.6) is 0 Å². The van der Waals surface area contributed by atoms with Crippen LogP contribution >= 0.6 is 0 Å². The summed E-state index contributed by atoms with van der Waals surface area (Å²) in [5.41, 5.74) is 0. The van der Waals surface area contributed by atoms with E-state index in [4.69, 9.17) is 0 Å². The number of pyridine rings is 1. The van der Waals surface area contributed by atoms with Crippen LogP contribution in [0, 0.1) is 0 Å². The maximum Gasteiger partial charge on any atom is 0.0267 e. The molecule has 0 aliphatic heterocycles. The van der Waals surface area contributed by atoms with Gasteiger partial charge in [-0.25, -0.2) is 0 Å². The minimum atomic E-state index is 0. The van der Waals surface area contributed by atoms with Crippen LogP contribution in [-0.2, 0) is 27.3 Å². The number of aromatic nitrogens is 1. The molecule has 32 valence electrons. The second-order valence-corrected chi connectivity index (χ2v) is 1.02. The van der Waals surface area contributed by atoms with Crippen LogP contribution in [0.2, 0.25) is 0 Å². The zero-order valence-corrected chi connectivity index (χ0v) is 8.08. The first-order valence-electron chi connectivity index (χ1n) is 1.85. The zero-order chi connectivity index (χ0) is 4.24. The molecule has 0 amide bonds. The van der Waals surface area contributed by atoms with E-state index in [0.717, 1.165) is 0 Å². The van der Waals surface area contributed by atoms with Gasteiger partial charge in [-0.2, -0.15) is 0 Å². The first kappa shape index (κ1) is 7.07. The Hall–Kier alpha value is 0.0721. The summed E-state index contributed by atoms with van der Waals surface area (Å²) in [5, 5.41) is 0. The van der Waals surface area contributed by atoms with E-state index in [1.807, 2.05) is 18.2 Å². The van der Waals surface area contributed by atoms with E-state index in [-0.39, 0.29) is 27.3 Å². The molecule has 2 heteroatoms. The summed E-state index contributed by atoms with van der Waals surface area (Å²) in [6.07, 6.45) is 3.50. The van der Waals surface area contributed by atoms with Crippen molar-refractivity contribution in [3.63, 3.8) is 0 Å². The minimum absolute atomic E-state index is 0. The van der Waals surface area contributed by atoms with Gasteiger partial charge in [0.25, 0.3) is 0 Å². The molecule has 0 fully saturated rings. The van der Waals surface area contributed by atoms with Crippen LogP contribution in [0.15, 0.2) is 30.6 Å². The van der Waals surface area contributed by atoms with Crippen molar-refractivity contribution in [2.75, 3.05) is 0 Å². The number of hydrogen-bond acceptors (Lipinski definition) is 1. The van der Waals surface area contributed by atoms with Crippen LogP contribution in [0.3, 0.4) is 0 Å². The molecule has 1 aromatic heterocycles.